The molecule has 0 aliphatic heterocycles. The predicted molar refractivity (Wildman–Crippen MR) is 129 cm³/mol. The zero-order valence-electron chi connectivity index (χ0n) is 20.7. The second-order valence-electron chi connectivity index (χ2n) is 7.85. The van der Waals surface area contributed by atoms with Crippen molar-refractivity contribution in [2.45, 2.75) is 39.7 Å². The van der Waals surface area contributed by atoms with E-state index in [1.807, 2.05) is 0 Å². The molecule has 3 aromatic heterocycles. The van der Waals surface area contributed by atoms with E-state index in [0.717, 1.165) is 43.5 Å². The van der Waals surface area contributed by atoms with Gasteiger partial charge in [0.15, 0.2) is 17.0 Å². The van der Waals surface area contributed by atoms with Gasteiger partial charge in [-0.15, -0.1) is 0 Å². The monoisotopic (exact) mass is 505 g/mol. The highest BCUT2D eigenvalue weighted by molar-refractivity contribution is 5.89. The quantitative estimate of drug-likeness (QED) is 0.269. The highest BCUT2D eigenvalue weighted by Gasteiger charge is 2.16. The van der Waals surface area contributed by atoms with Gasteiger partial charge in [0.25, 0.3) is 5.56 Å². The molecule has 3 rings (SSSR count). The van der Waals surface area contributed by atoms with Crippen molar-refractivity contribution < 1.29 is 24.3 Å². The van der Waals surface area contributed by atoms with Crippen molar-refractivity contribution in [3.63, 3.8) is 0 Å². The van der Waals surface area contributed by atoms with E-state index in [-0.39, 0.29) is 6.54 Å². The normalized spacial score (nSPS) is 11.2. The number of aryl methyl sites for hydroxylation is 2. The minimum atomic E-state index is -1.26. The van der Waals surface area contributed by atoms with E-state index < -0.39 is 23.2 Å². The van der Waals surface area contributed by atoms with Crippen LogP contribution < -0.4 is 11.2 Å². The maximum Gasteiger partial charge on any atom is 0.332 e. The number of aliphatic carboxylic acids is 2. The second-order valence-corrected chi connectivity index (χ2v) is 7.85. The van der Waals surface area contributed by atoms with Gasteiger partial charge in [-0.25, -0.2) is 19.4 Å². The van der Waals surface area contributed by atoms with Crippen LogP contribution in [0.5, 0.6) is 0 Å². The van der Waals surface area contributed by atoms with Crippen LogP contribution >= 0.6 is 0 Å². The first kappa shape index (κ1) is 28.2. The van der Waals surface area contributed by atoms with E-state index in [1.165, 1.54) is 17.9 Å². The van der Waals surface area contributed by atoms with Crippen molar-refractivity contribution >= 4 is 23.1 Å². The molecule has 0 amide bonds. The molecule has 196 valence electrons. The number of unbranched alkanes of at least 4 members (excludes halogenated alkanes) is 1. The number of hydrogen-bond donors (Lipinski definition) is 2. The van der Waals surface area contributed by atoms with Crippen molar-refractivity contribution in [1.29, 1.82) is 0 Å². The van der Waals surface area contributed by atoms with Gasteiger partial charge in [0.1, 0.15) is 0 Å². The summed E-state index contributed by atoms with van der Waals surface area (Å²) in [5.74, 6) is -1.44. The van der Waals surface area contributed by atoms with Crippen LogP contribution in [0.15, 0.2) is 32.6 Å². The lowest BCUT2D eigenvalue weighted by molar-refractivity contribution is -0.134. The number of aromatic nitrogens is 6. The van der Waals surface area contributed by atoms with Crippen LogP contribution in [-0.4, -0.2) is 75.5 Å². The Morgan fingerprint density at radius 1 is 1.06 bits per heavy atom. The second kappa shape index (κ2) is 13.1. The molecule has 0 atom stereocenters. The van der Waals surface area contributed by atoms with Gasteiger partial charge < -0.3 is 24.2 Å². The first-order valence-corrected chi connectivity index (χ1v) is 11.4. The Morgan fingerprint density at radius 2 is 1.69 bits per heavy atom. The van der Waals surface area contributed by atoms with Crippen molar-refractivity contribution in [2.75, 3.05) is 19.6 Å². The third-order valence-electron chi connectivity index (χ3n) is 5.42. The first-order valence-electron chi connectivity index (χ1n) is 11.4. The Hall–Kier alpha value is -4.07. The van der Waals surface area contributed by atoms with Gasteiger partial charge in [0.2, 0.25) is 5.89 Å². The average molecular weight is 506 g/mol. The molecule has 0 spiro atoms. The van der Waals surface area contributed by atoms with Crippen LogP contribution in [0.3, 0.4) is 0 Å². The molecular weight excluding hydrogens is 474 g/mol. The number of rotatable bonds is 11. The van der Waals surface area contributed by atoms with Gasteiger partial charge in [-0.2, -0.15) is 4.98 Å². The molecular formula is C22H31N7O7. The highest BCUT2D eigenvalue weighted by Crippen LogP contribution is 2.09. The molecule has 2 N–H and O–H groups in total. The lowest BCUT2D eigenvalue weighted by Gasteiger charge is -2.17. The Balaban J connectivity index is 0.000000493. The van der Waals surface area contributed by atoms with Crippen LogP contribution in [0.2, 0.25) is 0 Å². The van der Waals surface area contributed by atoms with Gasteiger partial charge in [0.05, 0.1) is 12.9 Å². The molecule has 0 bridgehead atoms. The molecule has 0 unspecified atom stereocenters. The third kappa shape index (κ3) is 7.46. The molecule has 14 nitrogen and oxygen atoms in total. The largest absolute Gasteiger partial charge is 0.478 e. The summed E-state index contributed by atoms with van der Waals surface area (Å²) in [5, 5.41) is 19.6. The molecule has 3 aromatic rings. The molecule has 0 fully saturated rings. The Labute approximate surface area is 206 Å². The van der Waals surface area contributed by atoms with E-state index in [0.29, 0.717) is 35.0 Å². The van der Waals surface area contributed by atoms with Gasteiger partial charge in [-0.05, 0) is 32.5 Å². The van der Waals surface area contributed by atoms with Crippen molar-refractivity contribution in [3.05, 3.63) is 51.0 Å². The minimum Gasteiger partial charge on any atom is -0.478 e. The zero-order valence-corrected chi connectivity index (χ0v) is 20.7. The predicted octanol–water partition coefficient (Wildman–Crippen LogP) is 0.241. The topological polar surface area (TPSA) is 179 Å². The van der Waals surface area contributed by atoms with Crippen LogP contribution in [0.25, 0.3) is 11.2 Å². The molecule has 0 radical (unpaired) electrons. The molecule has 14 heteroatoms. The van der Waals surface area contributed by atoms with Gasteiger partial charge in [0, 0.05) is 32.7 Å². The van der Waals surface area contributed by atoms with E-state index >= 15 is 0 Å². The Bertz CT molecular complexity index is 1310. The number of imidazole rings is 1. The molecule has 36 heavy (non-hydrogen) atoms. The maximum absolute atomic E-state index is 12.5. The Kier molecular flexibility index (Phi) is 10.3. The smallest absolute Gasteiger partial charge is 0.332 e. The molecule has 0 saturated carbocycles. The van der Waals surface area contributed by atoms with Crippen molar-refractivity contribution in [3.8, 4) is 0 Å². The van der Waals surface area contributed by atoms with E-state index in [9.17, 15) is 19.2 Å². The lowest BCUT2D eigenvalue weighted by Crippen LogP contribution is -2.37. The molecule has 0 aliphatic carbocycles. The summed E-state index contributed by atoms with van der Waals surface area (Å²) in [7, 11) is 3.04. The summed E-state index contributed by atoms with van der Waals surface area (Å²) in [6.45, 7) is 7.78. The Morgan fingerprint density at radius 3 is 2.28 bits per heavy atom. The number of carboxylic acids is 2. The fraction of sp³-hybridized carbons (Fsp3) is 0.500. The van der Waals surface area contributed by atoms with E-state index in [2.05, 4.69) is 33.9 Å². The van der Waals surface area contributed by atoms with Crippen LogP contribution in [0.4, 0.5) is 0 Å². The van der Waals surface area contributed by atoms with E-state index in [4.69, 9.17) is 14.7 Å². The number of fused-ring (bicyclic) bond motifs is 1. The summed E-state index contributed by atoms with van der Waals surface area (Å²) in [6.07, 6.45) is 5.43. The van der Waals surface area contributed by atoms with Crippen LogP contribution in [0.1, 0.15) is 38.4 Å². The van der Waals surface area contributed by atoms with Crippen molar-refractivity contribution in [1.82, 2.24) is 33.7 Å². The maximum atomic E-state index is 12.5. The number of carbonyl (C=O) groups is 2. The molecule has 0 aliphatic rings. The summed E-state index contributed by atoms with van der Waals surface area (Å²) < 4.78 is 9.40. The van der Waals surface area contributed by atoms with Crippen LogP contribution in [0, 0.1) is 0 Å². The summed E-state index contributed by atoms with van der Waals surface area (Å²) in [4.78, 5) is 54.6. The highest BCUT2D eigenvalue weighted by atomic mass is 16.5. The number of nitrogens with zero attached hydrogens (tertiary/aromatic N) is 7. The molecule has 0 aromatic carbocycles. The van der Waals surface area contributed by atoms with Crippen LogP contribution in [-0.2, 0) is 36.6 Å². The summed E-state index contributed by atoms with van der Waals surface area (Å²) in [5.41, 5.74) is -0.117. The van der Waals surface area contributed by atoms with E-state index in [1.54, 1.807) is 11.6 Å². The van der Waals surface area contributed by atoms with Gasteiger partial charge >= 0.3 is 17.6 Å². The summed E-state index contributed by atoms with van der Waals surface area (Å²) in [6, 6.07) is 0. The number of hydrogen-bond acceptors (Lipinski definition) is 9. The average Bonchev–Trinajstić information content (AvgIpc) is 3.48. The fourth-order valence-electron chi connectivity index (χ4n) is 3.42. The molecule has 0 saturated heterocycles. The number of carboxylic acid groups (broad SMARTS) is 2. The standard InChI is InChI=1S/C18H27N7O3.C4H4O4/c1-5-24(6-2)10-8-7-9-14-20-13(21-28-14)11-25-12-19-16-15(25)17(26)23(4)18(27)22(16)3;5-3(6)1-2-4(7)8/h12H,5-11H2,1-4H3;1-2H,(H,5,6)(H,7,8)/b;2-1-. The van der Waals surface area contributed by atoms with Gasteiger partial charge in [-0.3, -0.25) is 13.9 Å². The van der Waals surface area contributed by atoms with Crippen molar-refractivity contribution in [2.24, 2.45) is 14.1 Å². The molecule has 3 heterocycles. The third-order valence-corrected chi connectivity index (χ3v) is 5.42. The first-order chi connectivity index (χ1) is 17.1. The fourth-order valence-corrected chi connectivity index (χ4v) is 3.42. The minimum absolute atomic E-state index is 0.257. The zero-order chi connectivity index (χ0) is 26.8. The lowest BCUT2D eigenvalue weighted by atomic mass is 10.2. The SMILES string of the molecule is CCN(CC)CCCCc1nc(Cn2cnc3c2c(=O)n(C)c(=O)n3C)no1.O=C(O)/C=C\C(=O)O. The van der Waals surface area contributed by atoms with Gasteiger partial charge in [-0.1, -0.05) is 19.0 Å². The summed E-state index contributed by atoms with van der Waals surface area (Å²) >= 11 is 0.